The van der Waals surface area contributed by atoms with Gasteiger partial charge in [0.2, 0.25) is 0 Å². The topological polar surface area (TPSA) is 31.9 Å². The van der Waals surface area contributed by atoms with Gasteiger partial charge in [-0.15, -0.1) is 11.3 Å². The fraction of sp³-hybridized carbons (Fsp3) is 0.421. The van der Waals surface area contributed by atoms with E-state index in [2.05, 4.69) is 34.7 Å². The molecule has 3 heterocycles. The number of nitrogens with one attached hydrogen (secondary N) is 1. The maximum absolute atomic E-state index is 4.75. The van der Waals surface area contributed by atoms with E-state index in [1.807, 2.05) is 31.3 Å². The van der Waals surface area contributed by atoms with Crippen LogP contribution in [0, 0.1) is 0 Å². The van der Waals surface area contributed by atoms with Crippen LogP contribution in [0.1, 0.15) is 49.4 Å². The molecule has 0 unspecified atom stereocenters. The monoisotopic (exact) mass is 327 g/mol. The van der Waals surface area contributed by atoms with Crippen LogP contribution in [0.3, 0.4) is 0 Å². The fourth-order valence-electron chi connectivity index (χ4n) is 3.04. The van der Waals surface area contributed by atoms with Gasteiger partial charge >= 0.3 is 0 Å². The Balaban J connectivity index is 1.79. The van der Waals surface area contributed by atoms with Gasteiger partial charge in [0.15, 0.2) is 0 Å². The van der Waals surface area contributed by atoms with Crippen molar-refractivity contribution in [3.8, 4) is 10.7 Å². The molecule has 23 heavy (non-hydrogen) atoms. The smallest absolute Gasteiger partial charge is 0.148 e. The van der Waals surface area contributed by atoms with Gasteiger partial charge in [-0.25, -0.2) is 4.98 Å². The van der Waals surface area contributed by atoms with Gasteiger partial charge in [0.05, 0.1) is 16.3 Å². The molecule has 3 nitrogen and oxygen atoms in total. The van der Waals surface area contributed by atoms with Gasteiger partial charge in [-0.2, -0.15) is 0 Å². The van der Waals surface area contributed by atoms with Crippen molar-refractivity contribution in [3.05, 3.63) is 41.1 Å². The van der Waals surface area contributed by atoms with E-state index in [0.717, 1.165) is 29.3 Å². The molecule has 1 N–H and O–H groups in total. The number of nitrogens with zero attached hydrogens (tertiary/aromatic N) is 2. The normalized spacial score (nSPS) is 16.3. The summed E-state index contributed by atoms with van der Waals surface area (Å²) < 4.78 is 0. The molecule has 1 aliphatic rings. The number of aromatic amines is 1. The van der Waals surface area contributed by atoms with Crippen molar-refractivity contribution < 1.29 is 0 Å². The van der Waals surface area contributed by atoms with Gasteiger partial charge < -0.3 is 4.98 Å². The first-order valence-electron chi connectivity index (χ1n) is 8.37. The summed E-state index contributed by atoms with van der Waals surface area (Å²) in [6, 6.07) is 4.43. The molecular formula is C19H25N3S. The maximum Gasteiger partial charge on any atom is 0.148 e. The summed E-state index contributed by atoms with van der Waals surface area (Å²) in [5.41, 5.74) is 3.00. The lowest BCUT2D eigenvalue weighted by Gasteiger charge is -2.25. The number of likely N-dealkylation sites (tertiary alicyclic amines) is 1. The predicted molar refractivity (Wildman–Crippen MR) is 100 cm³/mol. The molecule has 0 atom stereocenters. The molecule has 0 aliphatic carbocycles. The summed E-state index contributed by atoms with van der Waals surface area (Å²) in [6.45, 7) is 11.6. The van der Waals surface area contributed by atoms with Crippen molar-refractivity contribution in [1.82, 2.24) is 14.9 Å². The molecule has 1 fully saturated rings. The lowest BCUT2D eigenvalue weighted by molar-refractivity contribution is 0.222. The molecule has 1 saturated heterocycles. The first-order valence-corrected chi connectivity index (χ1v) is 9.19. The number of imidazole rings is 1. The third kappa shape index (κ3) is 3.82. The van der Waals surface area contributed by atoms with E-state index in [1.165, 1.54) is 42.1 Å². The van der Waals surface area contributed by atoms with Gasteiger partial charge in [0, 0.05) is 11.4 Å². The summed E-state index contributed by atoms with van der Waals surface area (Å²) in [4.78, 5) is 13.4. The second-order valence-electron chi connectivity index (χ2n) is 6.23. The number of hydrogen-bond donors (Lipinski definition) is 1. The Labute approximate surface area is 142 Å². The molecule has 1 aliphatic heterocycles. The van der Waals surface area contributed by atoms with Gasteiger partial charge in [0.25, 0.3) is 0 Å². The molecule has 2 aromatic heterocycles. The zero-order valence-corrected chi connectivity index (χ0v) is 14.9. The molecule has 4 heteroatoms. The van der Waals surface area contributed by atoms with Gasteiger partial charge in [-0.1, -0.05) is 19.1 Å². The van der Waals surface area contributed by atoms with E-state index < -0.39 is 0 Å². The first-order chi connectivity index (χ1) is 11.2. The van der Waals surface area contributed by atoms with Crippen molar-refractivity contribution in [2.75, 3.05) is 13.1 Å². The second kappa shape index (κ2) is 7.28. The molecule has 122 valence electrons. The first kappa shape index (κ1) is 16.2. The minimum absolute atomic E-state index is 0.950. The zero-order valence-electron chi connectivity index (χ0n) is 14.1. The summed E-state index contributed by atoms with van der Waals surface area (Å²) >= 11 is 1.84. The Kier molecular flexibility index (Phi) is 5.13. The van der Waals surface area contributed by atoms with E-state index in [4.69, 9.17) is 4.98 Å². The largest absolute Gasteiger partial charge is 0.337 e. The average molecular weight is 327 g/mol. The number of allylic oxidation sites excluding steroid dienone is 2. The number of rotatable bonds is 5. The van der Waals surface area contributed by atoms with Crippen LogP contribution < -0.4 is 0 Å². The molecule has 0 spiro atoms. The van der Waals surface area contributed by atoms with E-state index in [-0.39, 0.29) is 0 Å². The zero-order chi connectivity index (χ0) is 16.2. The highest BCUT2D eigenvalue weighted by Gasteiger charge is 2.14. The third-order valence-electron chi connectivity index (χ3n) is 4.19. The van der Waals surface area contributed by atoms with Crippen LogP contribution in [-0.2, 0) is 6.54 Å². The third-order valence-corrected chi connectivity index (χ3v) is 5.27. The van der Waals surface area contributed by atoms with E-state index in [1.54, 1.807) is 0 Å². The van der Waals surface area contributed by atoms with Crippen LogP contribution >= 0.6 is 11.3 Å². The van der Waals surface area contributed by atoms with E-state index in [9.17, 15) is 0 Å². The molecule has 3 rings (SSSR count). The summed E-state index contributed by atoms with van der Waals surface area (Å²) in [7, 11) is 0. The number of aromatic nitrogens is 2. The highest BCUT2D eigenvalue weighted by atomic mass is 32.1. The van der Waals surface area contributed by atoms with Crippen LogP contribution in [0.5, 0.6) is 0 Å². The second-order valence-corrected chi connectivity index (χ2v) is 7.40. The van der Waals surface area contributed by atoms with E-state index in [0.29, 0.717) is 0 Å². The lowest BCUT2D eigenvalue weighted by Crippen LogP contribution is -2.28. The predicted octanol–water partition coefficient (Wildman–Crippen LogP) is 5.19. The van der Waals surface area contributed by atoms with Gasteiger partial charge in [-0.05, 0) is 63.6 Å². The van der Waals surface area contributed by atoms with Crippen molar-refractivity contribution in [2.45, 2.75) is 39.7 Å². The van der Waals surface area contributed by atoms with Crippen molar-refractivity contribution in [1.29, 1.82) is 0 Å². The Hall–Kier alpha value is -1.65. The fourth-order valence-corrected chi connectivity index (χ4v) is 4.04. The highest BCUT2D eigenvalue weighted by molar-refractivity contribution is 7.15. The molecule has 0 aromatic carbocycles. The van der Waals surface area contributed by atoms with E-state index >= 15 is 0 Å². The van der Waals surface area contributed by atoms with Gasteiger partial charge in [-0.3, -0.25) is 4.90 Å². The van der Waals surface area contributed by atoms with Crippen LogP contribution in [0.25, 0.3) is 22.4 Å². The Morgan fingerprint density at radius 2 is 2.13 bits per heavy atom. The van der Waals surface area contributed by atoms with Crippen molar-refractivity contribution >= 4 is 23.0 Å². The SMILES string of the molecule is C=C(C)c1nc(-c2ccc(CN3CCCCC3)s2)[nH]c1/C=C\C. The van der Waals surface area contributed by atoms with Crippen molar-refractivity contribution in [3.63, 3.8) is 0 Å². The van der Waals surface area contributed by atoms with Crippen LogP contribution in [0.4, 0.5) is 0 Å². The number of piperidine rings is 1. The number of thiophene rings is 1. The molecule has 0 amide bonds. The molecule has 0 radical (unpaired) electrons. The minimum Gasteiger partial charge on any atom is -0.337 e. The summed E-state index contributed by atoms with van der Waals surface area (Å²) in [6.07, 6.45) is 8.15. The standard InChI is InChI=1S/C19H25N3S/c1-4-8-16-18(14(2)3)21-19(20-16)17-10-9-15(23-17)13-22-11-6-5-7-12-22/h4,8-10H,2,5-7,11-13H2,1,3H3,(H,20,21)/b8-4-. The van der Waals surface area contributed by atoms with Crippen LogP contribution in [-0.4, -0.2) is 28.0 Å². The van der Waals surface area contributed by atoms with Crippen molar-refractivity contribution in [2.24, 2.45) is 0 Å². The molecular weight excluding hydrogens is 302 g/mol. The van der Waals surface area contributed by atoms with Crippen LogP contribution in [0.15, 0.2) is 24.8 Å². The van der Waals surface area contributed by atoms with Crippen LogP contribution in [0.2, 0.25) is 0 Å². The molecule has 0 bridgehead atoms. The minimum atomic E-state index is 0.950. The quantitative estimate of drug-likeness (QED) is 0.819. The number of hydrogen-bond acceptors (Lipinski definition) is 3. The van der Waals surface area contributed by atoms with Gasteiger partial charge in [0.1, 0.15) is 5.82 Å². The Bertz CT molecular complexity index is 702. The lowest BCUT2D eigenvalue weighted by atomic mass is 10.1. The Morgan fingerprint density at radius 1 is 1.35 bits per heavy atom. The summed E-state index contributed by atoms with van der Waals surface area (Å²) in [5, 5.41) is 0. The molecule has 2 aromatic rings. The average Bonchev–Trinajstić information content (AvgIpc) is 3.15. The number of H-pyrrole nitrogens is 1. The Morgan fingerprint density at radius 3 is 2.83 bits per heavy atom. The highest BCUT2D eigenvalue weighted by Crippen LogP contribution is 2.30. The summed E-state index contributed by atoms with van der Waals surface area (Å²) in [5.74, 6) is 0.950. The maximum atomic E-state index is 4.75. The molecule has 0 saturated carbocycles.